The van der Waals surface area contributed by atoms with Gasteiger partial charge in [0.2, 0.25) is 0 Å². The number of likely N-dealkylation sites (N-methyl/N-ethyl adjacent to an activating group) is 1. The first-order valence-electron chi connectivity index (χ1n) is 7.22. The Morgan fingerprint density at radius 1 is 0.900 bits per heavy atom. The summed E-state index contributed by atoms with van der Waals surface area (Å²) < 4.78 is 0. The normalized spacial score (nSPS) is 14.2. The molecule has 2 unspecified atom stereocenters. The van der Waals surface area contributed by atoms with Crippen LogP contribution < -0.4 is 0 Å². The highest BCUT2D eigenvalue weighted by atomic mass is 16.3. The second-order valence-electron chi connectivity index (χ2n) is 5.19. The van der Waals surface area contributed by atoms with Crippen molar-refractivity contribution in [2.45, 2.75) is 25.5 Å². The minimum atomic E-state index is -0.518. The maximum absolute atomic E-state index is 10.8. The van der Waals surface area contributed by atoms with E-state index in [-0.39, 0.29) is 6.04 Å². The molecule has 0 aliphatic rings. The number of benzene rings is 2. The highest BCUT2D eigenvalue weighted by Gasteiger charge is 2.25. The summed E-state index contributed by atoms with van der Waals surface area (Å²) in [5.41, 5.74) is 2.11. The standard InChI is InChI=1S/C18H23NO/c1-3-14-19(2)17(15-10-6-4-7-11-15)18(20)16-12-8-5-9-13-16/h4-13,17-18,20H,3,14H2,1-2H3. The van der Waals surface area contributed by atoms with Gasteiger partial charge in [-0.1, -0.05) is 67.6 Å². The third-order valence-corrected chi connectivity index (χ3v) is 3.63. The van der Waals surface area contributed by atoms with Crippen molar-refractivity contribution in [2.24, 2.45) is 0 Å². The van der Waals surface area contributed by atoms with Crippen molar-refractivity contribution in [3.8, 4) is 0 Å². The van der Waals surface area contributed by atoms with Crippen molar-refractivity contribution in [3.63, 3.8) is 0 Å². The topological polar surface area (TPSA) is 23.5 Å². The van der Waals surface area contributed by atoms with Crippen molar-refractivity contribution in [2.75, 3.05) is 13.6 Å². The van der Waals surface area contributed by atoms with Crippen LogP contribution >= 0.6 is 0 Å². The predicted molar refractivity (Wildman–Crippen MR) is 83.5 cm³/mol. The van der Waals surface area contributed by atoms with E-state index >= 15 is 0 Å². The Kier molecular flexibility index (Phi) is 5.33. The second-order valence-corrected chi connectivity index (χ2v) is 5.19. The Morgan fingerprint density at radius 2 is 1.40 bits per heavy atom. The average Bonchev–Trinajstić information content (AvgIpc) is 2.50. The number of aliphatic hydroxyl groups excluding tert-OH is 1. The van der Waals surface area contributed by atoms with Crippen molar-refractivity contribution in [3.05, 3.63) is 71.8 Å². The van der Waals surface area contributed by atoms with Gasteiger partial charge in [-0.2, -0.15) is 0 Å². The second kappa shape index (κ2) is 7.22. The molecule has 0 aliphatic carbocycles. The predicted octanol–water partition coefficient (Wildman–Crippen LogP) is 3.80. The molecule has 2 atom stereocenters. The quantitative estimate of drug-likeness (QED) is 0.862. The van der Waals surface area contributed by atoms with Crippen molar-refractivity contribution in [1.29, 1.82) is 0 Å². The molecular weight excluding hydrogens is 246 g/mol. The van der Waals surface area contributed by atoms with Gasteiger partial charge >= 0.3 is 0 Å². The molecule has 0 spiro atoms. The summed E-state index contributed by atoms with van der Waals surface area (Å²) in [5.74, 6) is 0. The molecule has 20 heavy (non-hydrogen) atoms. The van der Waals surface area contributed by atoms with Crippen LogP contribution in [0.15, 0.2) is 60.7 Å². The first-order valence-corrected chi connectivity index (χ1v) is 7.22. The van der Waals surface area contributed by atoms with E-state index < -0.39 is 6.10 Å². The van der Waals surface area contributed by atoms with Gasteiger partial charge in [0.25, 0.3) is 0 Å². The summed E-state index contributed by atoms with van der Waals surface area (Å²) in [4.78, 5) is 2.23. The minimum absolute atomic E-state index is 0.0152. The lowest BCUT2D eigenvalue weighted by Crippen LogP contribution is -2.30. The molecule has 0 fully saturated rings. The van der Waals surface area contributed by atoms with E-state index in [1.54, 1.807) is 0 Å². The van der Waals surface area contributed by atoms with Gasteiger partial charge in [0, 0.05) is 0 Å². The van der Waals surface area contributed by atoms with Crippen molar-refractivity contribution in [1.82, 2.24) is 4.90 Å². The van der Waals surface area contributed by atoms with Gasteiger partial charge in [0.15, 0.2) is 0 Å². The molecule has 0 bridgehead atoms. The van der Waals surface area contributed by atoms with Crippen LogP contribution in [0.5, 0.6) is 0 Å². The van der Waals surface area contributed by atoms with Gasteiger partial charge in [0.05, 0.1) is 12.1 Å². The van der Waals surface area contributed by atoms with Crippen LogP contribution in [0, 0.1) is 0 Å². The van der Waals surface area contributed by atoms with Crippen LogP contribution in [0.4, 0.5) is 0 Å². The van der Waals surface area contributed by atoms with E-state index in [0.29, 0.717) is 0 Å². The van der Waals surface area contributed by atoms with Crippen molar-refractivity contribution >= 4 is 0 Å². The molecule has 0 aliphatic heterocycles. The Labute approximate surface area is 121 Å². The molecular formula is C18H23NO. The zero-order valence-corrected chi connectivity index (χ0v) is 12.2. The fourth-order valence-electron chi connectivity index (χ4n) is 2.65. The Morgan fingerprint density at radius 3 is 1.90 bits per heavy atom. The molecule has 0 radical (unpaired) electrons. The number of hydrogen-bond donors (Lipinski definition) is 1. The largest absolute Gasteiger partial charge is 0.386 e. The van der Waals surface area contributed by atoms with Crippen LogP contribution in [0.25, 0.3) is 0 Å². The number of aliphatic hydroxyl groups is 1. The molecule has 1 N–H and O–H groups in total. The zero-order chi connectivity index (χ0) is 14.4. The first-order chi connectivity index (χ1) is 9.74. The van der Waals surface area contributed by atoms with Crippen LogP contribution in [0.3, 0.4) is 0 Å². The smallest absolute Gasteiger partial charge is 0.0986 e. The third-order valence-electron chi connectivity index (χ3n) is 3.63. The van der Waals surface area contributed by atoms with Gasteiger partial charge in [-0.05, 0) is 31.1 Å². The fraction of sp³-hybridized carbons (Fsp3) is 0.333. The molecule has 2 heteroatoms. The molecule has 106 valence electrons. The summed E-state index contributed by atoms with van der Waals surface area (Å²) >= 11 is 0. The summed E-state index contributed by atoms with van der Waals surface area (Å²) in [7, 11) is 2.08. The molecule has 2 rings (SSSR count). The van der Waals surface area contributed by atoms with E-state index in [1.807, 2.05) is 48.5 Å². The minimum Gasteiger partial charge on any atom is -0.386 e. The van der Waals surface area contributed by atoms with Crippen molar-refractivity contribution < 1.29 is 5.11 Å². The molecule has 2 aromatic rings. The fourth-order valence-corrected chi connectivity index (χ4v) is 2.65. The van der Waals surface area contributed by atoms with E-state index in [9.17, 15) is 5.11 Å². The van der Waals surface area contributed by atoms with Gasteiger partial charge in [0.1, 0.15) is 0 Å². The highest BCUT2D eigenvalue weighted by molar-refractivity contribution is 5.26. The first kappa shape index (κ1) is 14.8. The summed E-state index contributed by atoms with van der Waals surface area (Å²) in [6, 6.07) is 20.1. The lowest BCUT2D eigenvalue weighted by atomic mass is 9.94. The summed E-state index contributed by atoms with van der Waals surface area (Å²) in [6.45, 7) is 3.12. The SMILES string of the molecule is CCCN(C)C(c1ccccc1)C(O)c1ccccc1. The van der Waals surface area contributed by atoms with Gasteiger partial charge < -0.3 is 5.11 Å². The Bertz CT molecular complexity index is 497. The maximum Gasteiger partial charge on any atom is 0.0986 e. The number of rotatable bonds is 6. The van der Waals surface area contributed by atoms with Gasteiger partial charge in [-0.25, -0.2) is 0 Å². The summed E-state index contributed by atoms with van der Waals surface area (Å²) in [5, 5.41) is 10.8. The lowest BCUT2D eigenvalue weighted by molar-refractivity contribution is 0.0620. The molecule has 2 nitrogen and oxygen atoms in total. The van der Waals surface area contributed by atoms with E-state index in [4.69, 9.17) is 0 Å². The molecule has 0 saturated carbocycles. The molecule has 0 saturated heterocycles. The van der Waals surface area contributed by atoms with E-state index in [2.05, 4.69) is 31.0 Å². The molecule has 0 aromatic heterocycles. The number of nitrogens with zero attached hydrogens (tertiary/aromatic N) is 1. The van der Waals surface area contributed by atoms with Crippen LogP contribution in [-0.4, -0.2) is 23.6 Å². The molecule has 0 amide bonds. The maximum atomic E-state index is 10.8. The van der Waals surface area contributed by atoms with Crippen LogP contribution in [0.2, 0.25) is 0 Å². The van der Waals surface area contributed by atoms with Gasteiger partial charge in [-0.3, -0.25) is 4.90 Å². The highest BCUT2D eigenvalue weighted by Crippen LogP contribution is 2.33. The average molecular weight is 269 g/mol. The lowest BCUT2D eigenvalue weighted by Gasteiger charge is -2.32. The Balaban J connectivity index is 2.31. The van der Waals surface area contributed by atoms with Crippen LogP contribution in [-0.2, 0) is 0 Å². The summed E-state index contributed by atoms with van der Waals surface area (Å²) in [6.07, 6.45) is 0.552. The van der Waals surface area contributed by atoms with Crippen LogP contribution in [0.1, 0.15) is 36.6 Å². The zero-order valence-electron chi connectivity index (χ0n) is 12.2. The van der Waals surface area contributed by atoms with E-state index in [1.165, 1.54) is 0 Å². The molecule has 0 heterocycles. The number of hydrogen-bond acceptors (Lipinski definition) is 2. The third kappa shape index (κ3) is 3.47. The van der Waals surface area contributed by atoms with Gasteiger partial charge in [-0.15, -0.1) is 0 Å². The molecule has 2 aromatic carbocycles. The van der Waals surface area contributed by atoms with E-state index in [0.717, 1.165) is 24.1 Å². The Hall–Kier alpha value is -1.64. The monoisotopic (exact) mass is 269 g/mol.